The summed E-state index contributed by atoms with van der Waals surface area (Å²) in [5, 5.41) is 13.2. The van der Waals surface area contributed by atoms with E-state index in [1.165, 1.54) is 19.1 Å². The number of benzene rings is 1. The van der Waals surface area contributed by atoms with E-state index in [0.29, 0.717) is 24.8 Å². The van der Waals surface area contributed by atoms with Gasteiger partial charge in [-0.2, -0.15) is 0 Å². The van der Waals surface area contributed by atoms with E-state index in [9.17, 15) is 9.90 Å². The lowest BCUT2D eigenvalue weighted by molar-refractivity contribution is 0.101. The molecule has 2 N–H and O–H groups in total. The summed E-state index contributed by atoms with van der Waals surface area (Å²) in [7, 11) is 0. The highest BCUT2D eigenvalue weighted by atomic mass is 16.4. The largest absolute Gasteiger partial charge is 0.467 e. The molecule has 1 saturated carbocycles. The van der Waals surface area contributed by atoms with Crippen molar-refractivity contribution in [3.8, 4) is 0 Å². The van der Waals surface area contributed by atoms with E-state index in [0.717, 1.165) is 5.56 Å². The van der Waals surface area contributed by atoms with Crippen molar-refractivity contribution < 1.29 is 14.3 Å². The summed E-state index contributed by atoms with van der Waals surface area (Å²) >= 11 is 0. The summed E-state index contributed by atoms with van der Waals surface area (Å²) in [6.45, 7) is 1.36. The summed E-state index contributed by atoms with van der Waals surface area (Å²) in [5.41, 5.74) is 1.03. The Labute approximate surface area is 135 Å². The Morgan fingerprint density at radius 1 is 1.26 bits per heavy atom. The van der Waals surface area contributed by atoms with Gasteiger partial charge in [-0.1, -0.05) is 30.3 Å². The normalized spacial score (nSPS) is 15.2. The van der Waals surface area contributed by atoms with Crippen LogP contribution in [0.2, 0.25) is 0 Å². The standard InChI is InChI=1S/C18H22N2O3/c21-16(17-7-4-10-23-17)13-20(12-15-5-2-1-3-6-15)18(22)19-11-14-8-9-14/h1-7,10,14,16,21H,8-9,11-13H2,(H,19,22). The first kappa shape index (κ1) is 15.6. The third-order valence-corrected chi connectivity index (χ3v) is 4.01. The number of aliphatic hydroxyl groups excluding tert-OH is 1. The Bertz CT molecular complexity index is 608. The van der Waals surface area contributed by atoms with E-state index in [4.69, 9.17) is 4.42 Å². The van der Waals surface area contributed by atoms with Gasteiger partial charge < -0.3 is 19.7 Å². The third-order valence-electron chi connectivity index (χ3n) is 4.01. The molecule has 0 radical (unpaired) electrons. The van der Waals surface area contributed by atoms with Crippen molar-refractivity contribution in [2.45, 2.75) is 25.5 Å². The minimum atomic E-state index is -0.833. The molecule has 122 valence electrons. The van der Waals surface area contributed by atoms with Crippen LogP contribution in [-0.4, -0.2) is 29.1 Å². The number of hydrogen-bond donors (Lipinski definition) is 2. The molecule has 23 heavy (non-hydrogen) atoms. The van der Waals surface area contributed by atoms with Crippen molar-refractivity contribution in [1.29, 1.82) is 0 Å². The van der Waals surface area contributed by atoms with Gasteiger partial charge in [-0.15, -0.1) is 0 Å². The van der Waals surface area contributed by atoms with Crippen LogP contribution < -0.4 is 5.32 Å². The SMILES string of the molecule is O=C(NCC1CC1)N(Cc1ccccc1)CC(O)c1ccco1. The third kappa shape index (κ3) is 4.60. The van der Waals surface area contributed by atoms with Crippen LogP contribution in [0.25, 0.3) is 0 Å². The zero-order chi connectivity index (χ0) is 16.1. The van der Waals surface area contributed by atoms with Gasteiger partial charge in [0.05, 0.1) is 12.8 Å². The number of aliphatic hydroxyl groups is 1. The first-order chi connectivity index (χ1) is 11.2. The first-order valence-corrected chi connectivity index (χ1v) is 8.00. The molecule has 0 bridgehead atoms. The predicted molar refractivity (Wildman–Crippen MR) is 86.6 cm³/mol. The maximum atomic E-state index is 12.5. The molecule has 1 atom stereocenters. The first-order valence-electron chi connectivity index (χ1n) is 8.00. The van der Waals surface area contributed by atoms with E-state index in [1.807, 2.05) is 30.3 Å². The number of hydrogen-bond acceptors (Lipinski definition) is 3. The van der Waals surface area contributed by atoms with E-state index in [-0.39, 0.29) is 12.6 Å². The molecule has 1 unspecified atom stereocenters. The van der Waals surface area contributed by atoms with E-state index >= 15 is 0 Å². The highest BCUT2D eigenvalue weighted by Gasteiger charge is 2.25. The Hall–Kier alpha value is -2.27. The van der Waals surface area contributed by atoms with Gasteiger partial charge in [0.1, 0.15) is 11.9 Å². The number of amides is 2. The number of nitrogens with one attached hydrogen (secondary N) is 1. The summed E-state index contributed by atoms with van der Waals surface area (Å²) < 4.78 is 5.23. The van der Waals surface area contributed by atoms with Crippen LogP contribution in [0.3, 0.4) is 0 Å². The second-order valence-corrected chi connectivity index (χ2v) is 6.03. The van der Waals surface area contributed by atoms with Crippen LogP contribution in [0.15, 0.2) is 53.1 Å². The molecule has 2 aromatic rings. The van der Waals surface area contributed by atoms with E-state index < -0.39 is 6.10 Å². The summed E-state index contributed by atoms with van der Waals surface area (Å²) in [6, 6.07) is 13.1. The van der Waals surface area contributed by atoms with Crippen LogP contribution in [0.4, 0.5) is 4.79 Å². The van der Waals surface area contributed by atoms with E-state index in [2.05, 4.69) is 5.32 Å². The molecule has 5 nitrogen and oxygen atoms in total. The van der Waals surface area contributed by atoms with Crippen LogP contribution in [0.1, 0.15) is 30.3 Å². The maximum absolute atomic E-state index is 12.5. The quantitative estimate of drug-likeness (QED) is 0.826. The summed E-state index contributed by atoms with van der Waals surface area (Å²) in [4.78, 5) is 14.1. The monoisotopic (exact) mass is 314 g/mol. The molecule has 3 rings (SSSR count). The fourth-order valence-electron chi connectivity index (χ4n) is 2.47. The molecule has 5 heteroatoms. The van der Waals surface area contributed by atoms with Gasteiger partial charge in [0.2, 0.25) is 0 Å². The number of nitrogens with zero attached hydrogens (tertiary/aromatic N) is 1. The number of furan rings is 1. The Morgan fingerprint density at radius 3 is 2.70 bits per heavy atom. The second-order valence-electron chi connectivity index (χ2n) is 6.03. The Balaban J connectivity index is 1.65. The van der Waals surface area contributed by atoms with Crippen LogP contribution in [0.5, 0.6) is 0 Å². The highest BCUT2D eigenvalue weighted by Crippen LogP contribution is 2.27. The van der Waals surface area contributed by atoms with Crippen molar-refractivity contribution in [1.82, 2.24) is 10.2 Å². The van der Waals surface area contributed by atoms with Gasteiger partial charge in [0, 0.05) is 13.1 Å². The Kier molecular flexibility index (Phi) is 4.98. The number of urea groups is 1. The lowest BCUT2D eigenvalue weighted by Gasteiger charge is -2.25. The number of carbonyl (C=O) groups is 1. The zero-order valence-corrected chi connectivity index (χ0v) is 13.0. The molecule has 0 aliphatic heterocycles. The summed E-state index contributed by atoms with van der Waals surface area (Å²) in [5.74, 6) is 1.09. The van der Waals surface area contributed by atoms with Gasteiger partial charge in [-0.05, 0) is 36.5 Å². The minimum Gasteiger partial charge on any atom is -0.467 e. The van der Waals surface area contributed by atoms with Crippen molar-refractivity contribution in [3.05, 3.63) is 60.1 Å². The molecule has 1 fully saturated rings. The topological polar surface area (TPSA) is 65.7 Å². The summed E-state index contributed by atoms with van der Waals surface area (Å²) in [6.07, 6.45) is 3.07. The van der Waals surface area contributed by atoms with Gasteiger partial charge in [-0.3, -0.25) is 0 Å². The van der Waals surface area contributed by atoms with Crippen LogP contribution >= 0.6 is 0 Å². The lowest BCUT2D eigenvalue weighted by Crippen LogP contribution is -2.42. The Morgan fingerprint density at radius 2 is 2.04 bits per heavy atom. The van der Waals surface area contributed by atoms with Crippen molar-refractivity contribution in [3.63, 3.8) is 0 Å². The molecule has 1 heterocycles. The molecular weight excluding hydrogens is 292 g/mol. The van der Waals surface area contributed by atoms with Crippen molar-refractivity contribution >= 4 is 6.03 Å². The van der Waals surface area contributed by atoms with Crippen molar-refractivity contribution in [2.75, 3.05) is 13.1 Å². The van der Waals surface area contributed by atoms with Crippen molar-refractivity contribution in [2.24, 2.45) is 5.92 Å². The molecule has 1 aliphatic carbocycles. The van der Waals surface area contributed by atoms with Gasteiger partial charge in [0.15, 0.2) is 0 Å². The fraction of sp³-hybridized carbons (Fsp3) is 0.389. The van der Waals surface area contributed by atoms with Crippen LogP contribution in [-0.2, 0) is 6.54 Å². The minimum absolute atomic E-state index is 0.147. The molecule has 0 saturated heterocycles. The van der Waals surface area contributed by atoms with Gasteiger partial charge in [0.25, 0.3) is 0 Å². The lowest BCUT2D eigenvalue weighted by atomic mass is 10.2. The van der Waals surface area contributed by atoms with Gasteiger partial charge >= 0.3 is 6.03 Å². The molecular formula is C18H22N2O3. The average molecular weight is 314 g/mol. The molecule has 1 aromatic heterocycles. The fourth-order valence-corrected chi connectivity index (χ4v) is 2.47. The zero-order valence-electron chi connectivity index (χ0n) is 13.0. The second kappa shape index (κ2) is 7.33. The van der Waals surface area contributed by atoms with Gasteiger partial charge in [-0.25, -0.2) is 4.79 Å². The number of carbonyl (C=O) groups excluding carboxylic acids is 1. The van der Waals surface area contributed by atoms with Crippen LogP contribution in [0, 0.1) is 5.92 Å². The smallest absolute Gasteiger partial charge is 0.317 e. The molecule has 1 aromatic carbocycles. The predicted octanol–water partition coefficient (Wildman–Crippen LogP) is 2.93. The van der Waals surface area contributed by atoms with E-state index in [1.54, 1.807) is 17.0 Å². The number of rotatable bonds is 7. The highest BCUT2D eigenvalue weighted by molar-refractivity contribution is 5.74. The molecule has 2 amide bonds. The average Bonchev–Trinajstić information content (AvgIpc) is 3.23. The maximum Gasteiger partial charge on any atom is 0.317 e. The molecule has 0 spiro atoms. The molecule has 1 aliphatic rings.